The molecule has 4 heteroatoms. The molecular formula is C10H12Br2N2. The van der Waals surface area contributed by atoms with Gasteiger partial charge in [-0.15, -0.1) is 0 Å². The average molecular weight is 320 g/mol. The van der Waals surface area contributed by atoms with Crippen LogP contribution in [-0.4, -0.2) is 19.6 Å². The van der Waals surface area contributed by atoms with Gasteiger partial charge < -0.3 is 10.6 Å². The van der Waals surface area contributed by atoms with Crippen LogP contribution in [0.25, 0.3) is 0 Å². The van der Waals surface area contributed by atoms with Crippen LogP contribution < -0.4 is 10.6 Å². The zero-order valence-corrected chi connectivity index (χ0v) is 10.9. The molecule has 0 amide bonds. The molecular weight excluding hydrogens is 308 g/mol. The van der Waals surface area contributed by atoms with E-state index < -0.39 is 0 Å². The Morgan fingerprint density at radius 1 is 1.07 bits per heavy atom. The minimum Gasteiger partial charge on any atom is -0.314 e. The van der Waals surface area contributed by atoms with E-state index in [1.54, 1.807) is 0 Å². The first-order valence-corrected chi connectivity index (χ1v) is 6.24. The van der Waals surface area contributed by atoms with Gasteiger partial charge in [-0.2, -0.15) is 0 Å². The fourth-order valence-electron chi connectivity index (χ4n) is 1.67. The Labute approximate surface area is 101 Å². The molecule has 0 unspecified atom stereocenters. The molecule has 2 nitrogen and oxygen atoms in total. The summed E-state index contributed by atoms with van der Waals surface area (Å²) in [5.74, 6) is 0. The van der Waals surface area contributed by atoms with E-state index >= 15 is 0 Å². The first kappa shape index (κ1) is 10.6. The molecule has 1 aliphatic rings. The summed E-state index contributed by atoms with van der Waals surface area (Å²) in [5.41, 5.74) is 1.32. The predicted molar refractivity (Wildman–Crippen MR) is 65.5 cm³/mol. The molecule has 1 fully saturated rings. The molecule has 1 aromatic rings. The SMILES string of the molecule is Brc1cc(Br)cc([C@@H]2CNCCN2)c1. The fraction of sp³-hybridized carbons (Fsp3) is 0.400. The number of halogens is 2. The molecule has 0 bridgehead atoms. The van der Waals surface area contributed by atoms with Crippen molar-refractivity contribution in [3.8, 4) is 0 Å². The average Bonchev–Trinajstić information content (AvgIpc) is 2.18. The molecule has 1 heterocycles. The van der Waals surface area contributed by atoms with Crippen LogP contribution in [0.1, 0.15) is 11.6 Å². The van der Waals surface area contributed by atoms with Gasteiger partial charge in [-0.25, -0.2) is 0 Å². The van der Waals surface area contributed by atoms with Crippen LogP contribution in [0, 0.1) is 0 Å². The van der Waals surface area contributed by atoms with Crippen LogP contribution >= 0.6 is 31.9 Å². The monoisotopic (exact) mass is 318 g/mol. The van der Waals surface area contributed by atoms with Gasteiger partial charge in [0.15, 0.2) is 0 Å². The van der Waals surface area contributed by atoms with Crippen molar-refractivity contribution < 1.29 is 0 Å². The summed E-state index contributed by atoms with van der Waals surface area (Å²) >= 11 is 7.00. The van der Waals surface area contributed by atoms with Crippen LogP contribution in [0.5, 0.6) is 0 Å². The van der Waals surface area contributed by atoms with Crippen molar-refractivity contribution in [3.63, 3.8) is 0 Å². The van der Waals surface area contributed by atoms with Crippen LogP contribution in [0.3, 0.4) is 0 Å². The van der Waals surface area contributed by atoms with Gasteiger partial charge in [0, 0.05) is 34.6 Å². The second kappa shape index (κ2) is 4.75. The van der Waals surface area contributed by atoms with Crippen LogP contribution in [-0.2, 0) is 0 Å². The van der Waals surface area contributed by atoms with Gasteiger partial charge in [-0.1, -0.05) is 31.9 Å². The van der Waals surface area contributed by atoms with Gasteiger partial charge in [0.2, 0.25) is 0 Å². The molecule has 0 aliphatic carbocycles. The van der Waals surface area contributed by atoms with Crippen molar-refractivity contribution in [1.82, 2.24) is 10.6 Å². The molecule has 1 atom stereocenters. The lowest BCUT2D eigenvalue weighted by Crippen LogP contribution is -2.42. The van der Waals surface area contributed by atoms with E-state index in [-0.39, 0.29) is 0 Å². The highest BCUT2D eigenvalue weighted by atomic mass is 79.9. The highest BCUT2D eigenvalue weighted by Crippen LogP contribution is 2.24. The summed E-state index contributed by atoms with van der Waals surface area (Å²) < 4.78 is 2.24. The highest BCUT2D eigenvalue weighted by molar-refractivity contribution is 9.11. The van der Waals surface area contributed by atoms with E-state index in [9.17, 15) is 0 Å². The molecule has 14 heavy (non-hydrogen) atoms. The third kappa shape index (κ3) is 2.57. The standard InChI is InChI=1S/C10H12Br2N2/c11-8-3-7(4-9(12)5-8)10-6-13-1-2-14-10/h3-5,10,13-14H,1-2,6H2/t10-/m0/s1. The largest absolute Gasteiger partial charge is 0.314 e. The summed E-state index contributed by atoms with van der Waals surface area (Å²) in [6.07, 6.45) is 0. The molecule has 1 aromatic carbocycles. The zero-order valence-electron chi connectivity index (χ0n) is 7.69. The third-order valence-corrected chi connectivity index (χ3v) is 3.24. The first-order valence-electron chi connectivity index (χ1n) is 4.66. The molecule has 0 radical (unpaired) electrons. The van der Waals surface area contributed by atoms with Gasteiger partial charge in [0.05, 0.1) is 0 Å². The Morgan fingerprint density at radius 2 is 1.79 bits per heavy atom. The first-order chi connectivity index (χ1) is 6.75. The number of rotatable bonds is 1. The van der Waals surface area contributed by atoms with Gasteiger partial charge in [-0.05, 0) is 23.8 Å². The Hall–Kier alpha value is 0.1000. The van der Waals surface area contributed by atoms with E-state index in [1.165, 1.54) is 5.56 Å². The van der Waals surface area contributed by atoms with Crippen molar-refractivity contribution >= 4 is 31.9 Å². The maximum absolute atomic E-state index is 3.50. The number of nitrogens with one attached hydrogen (secondary N) is 2. The van der Waals surface area contributed by atoms with Crippen LogP contribution in [0.15, 0.2) is 27.1 Å². The zero-order chi connectivity index (χ0) is 9.97. The number of hydrogen-bond donors (Lipinski definition) is 2. The fourth-order valence-corrected chi connectivity index (χ4v) is 2.99. The van der Waals surface area contributed by atoms with Gasteiger partial charge in [0.25, 0.3) is 0 Å². The normalized spacial score (nSPS) is 22.3. The lowest BCUT2D eigenvalue weighted by Gasteiger charge is -2.25. The lowest BCUT2D eigenvalue weighted by atomic mass is 10.1. The van der Waals surface area contributed by atoms with Gasteiger partial charge in [-0.3, -0.25) is 0 Å². The van der Waals surface area contributed by atoms with Crippen molar-refractivity contribution in [2.45, 2.75) is 6.04 Å². The van der Waals surface area contributed by atoms with E-state index in [1.807, 2.05) is 0 Å². The molecule has 1 aliphatic heterocycles. The van der Waals surface area contributed by atoms with E-state index in [0.29, 0.717) is 6.04 Å². The van der Waals surface area contributed by atoms with Crippen molar-refractivity contribution in [3.05, 3.63) is 32.7 Å². The Morgan fingerprint density at radius 3 is 2.36 bits per heavy atom. The van der Waals surface area contributed by atoms with Crippen molar-refractivity contribution in [1.29, 1.82) is 0 Å². The molecule has 1 saturated heterocycles. The molecule has 2 N–H and O–H groups in total. The summed E-state index contributed by atoms with van der Waals surface area (Å²) in [6.45, 7) is 3.10. The lowest BCUT2D eigenvalue weighted by molar-refractivity contribution is 0.430. The summed E-state index contributed by atoms with van der Waals surface area (Å²) in [7, 11) is 0. The molecule has 76 valence electrons. The minimum absolute atomic E-state index is 0.428. The van der Waals surface area contributed by atoms with Gasteiger partial charge in [0.1, 0.15) is 0 Å². The summed E-state index contributed by atoms with van der Waals surface area (Å²) in [4.78, 5) is 0. The third-order valence-electron chi connectivity index (χ3n) is 2.33. The Kier molecular flexibility index (Phi) is 3.60. The Bertz CT molecular complexity index is 302. The van der Waals surface area contributed by atoms with E-state index in [4.69, 9.17) is 0 Å². The topological polar surface area (TPSA) is 24.1 Å². The van der Waals surface area contributed by atoms with E-state index in [2.05, 4.69) is 60.7 Å². The molecule has 2 rings (SSSR count). The smallest absolute Gasteiger partial charge is 0.0448 e. The minimum atomic E-state index is 0.428. The predicted octanol–water partition coefficient (Wildman–Crippen LogP) is 2.45. The van der Waals surface area contributed by atoms with E-state index in [0.717, 1.165) is 28.6 Å². The highest BCUT2D eigenvalue weighted by Gasteiger charge is 2.14. The van der Waals surface area contributed by atoms with Gasteiger partial charge >= 0.3 is 0 Å². The summed E-state index contributed by atoms with van der Waals surface area (Å²) in [5, 5.41) is 6.86. The quantitative estimate of drug-likeness (QED) is 0.831. The second-order valence-electron chi connectivity index (χ2n) is 3.41. The number of benzene rings is 1. The summed E-state index contributed by atoms with van der Waals surface area (Å²) in [6, 6.07) is 6.81. The molecule has 0 aromatic heterocycles. The second-order valence-corrected chi connectivity index (χ2v) is 5.24. The van der Waals surface area contributed by atoms with Crippen molar-refractivity contribution in [2.75, 3.05) is 19.6 Å². The maximum Gasteiger partial charge on any atom is 0.0448 e. The number of hydrogen-bond acceptors (Lipinski definition) is 2. The molecule has 0 saturated carbocycles. The Balaban J connectivity index is 2.21. The van der Waals surface area contributed by atoms with Crippen LogP contribution in [0.2, 0.25) is 0 Å². The van der Waals surface area contributed by atoms with Crippen molar-refractivity contribution in [2.24, 2.45) is 0 Å². The van der Waals surface area contributed by atoms with Crippen LogP contribution in [0.4, 0.5) is 0 Å². The number of piperazine rings is 1. The maximum atomic E-state index is 3.50. The molecule has 0 spiro atoms.